The highest BCUT2D eigenvalue weighted by Crippen LogP contribution is 2.24. The molecule has 1 N–H and O–H groups in total. The number of hydrogen-bond acceptors (Lipinski definition) is 3. The minimum atomic E-state index is 0.237. The minimum absolute atomic E-state index is 0.237. The van der Waals surface area contributed by atoms with Crippen LogP contribution >= 0.6 is 0 Å². The van der Waals surface area contributed by atoms with Gasteiger partial charge in [0.1, 0.15) is 22.5 Å². The van der Waals surface area contributed by atoms with E-state index in [1.165, 1.54) is 31.2 Å². The van der Waals surface area contributed by atoms with Gasteiger partial charge in [-0.15, -0.1) is 15.0 Å². The first kappa shape index (κ1) is 17.5. The fourth-order valence-electron chi connectivity index (χ4n) is 3.08. The van der Waals surface area contributed by atoms with E-state index in [0.717, 1.165) is 35.9 Å². The highest BCUT2D eigenvalue weighted by molar-refractivity contribution is 5.74. The number of rotatable bonds is 8. The number of hydrogen-bond donors (Lipinski definition) is 1. The molecule has 0 saturated carbocycles. The predicted octanol–water partition coefficient (Wildman–Crippen LogP) is 5.20. The van der Waals surface area contributed by atoms with Gasteiger partial charge in [-0.25, -0.2) is 0 Å². The minimum Gasteiger partial charge on any atom is -0.506 e. The lowest BCUT2D eigenvalue weighted by Crippen LogP contribution is -1.99. The van der Waals surface area contributed by atoms with Gasteiger partial charge in [-0.1, -0.05) is 45.2 Å². The molecule has 0 unspecified atom stereocenters. The van der Waals surface area contributed by atoms with Gasteiger partial charge in [-0.2, -0.15) is 0 Å². The number of nitrogens with zero attached hydrogens (tertiary/aromatic N) is 3. The molecule has 1 aromatic heterocycles. The summed E-state index contributed by atoms with van der Waals surface area (Å²) >= 11 is 0. The summed E-state index contributed by atoms with van der Waals surface area (Å²) < 4.78 is 0. The van der Waals surface area contributed by atoms with Crippen molar-refractivity contribution < 1.29 is 5.11 Å². The van der Waals surface area contributed by atoms with Gasteiger partial charge >= 0.3 is 0 Å². The fraction of sp³-hybridized carbons (Fsp3) is 0.429. The second kappa shape index (κ2) is 8.15. The molecule has 0 bridgehead atoms. The Kier molecular flexibility index (Phi) is 5.69. The van der Waals surface area contributed by atoms with Crippen LogP contribution in [-0.2, 0) is 12.8 Å². The molecular weight excluding hydrogens is 310 g/mol. The Bertz CT molecular complexity index is 838. The number of aromatic nitrogens is 3. The molecule has 1 heterocycles. The van der Waals surface area contributed by atoms with Crippen LogP contribution in [0.3, 0.4) is 0 Å². The Morgan fingerprint density at radius 3 is 2.24 bits per heavy atom. The van der Waals surface area contributed by atoms with Crippen LogP contribution in [-0.4, -0.2) is 20.1 Å². The molecule has 0 aliphatic rings. The molecule has 4 heteroatoms. The van der Waals surface area contributed by atoms with E-state index >= 15 is 0 Å². The average molecular weight is 337 g/mol. The van der Waals surface area contributed by atoms with Crippen LogP contribution < -0.4 is 0 Å². The smallest absolute Gasteiger partial charge is 0.143 e. The number of unbranched alkanes of at least 4 members (excludes halogenated alkanes) is 3. The Labute approximate surface area is 149 Å². The molecule has 0 spiro atoms. The molecule has 0 fully saturated rings. The molecule has 0 radical (unpaired) electrons. The van der Waals surface area contributed by atoms with E-state index in [-0.39, 0.29) is 5.75 Å². The van der Waals surface area contributed by atoms with Gasteiger partial charge in [-0.3, -0.25) is 0 Å². The maximum Gasteiger partial charge on any atom is 0.143 e. The van der Waals surface area contributed by atoms with Gasteiger partial charge in [0.05, 0.1) is 0 Å². The highest BCUT2D eigenvalue weighted by atomic mass is 16.3. The van der Waals surface area contributed by atoms with Gasteiger partial charge in [0.15, 0.2) is 0 Å². The van der Waals surface area contributed by atoms with Gasteiger partial charge in [0, 0.05) is 0 Å². The summed E-state index contributed by atoms with van der Waals surface area (Å²) in [4.78, 5) is 1.54. The molecular formula is C21H27N3O. The Morgan fingerprint density at radius 2 is 1.48 bits per heavy atom. The Morgan fingerprint density at radius 1 is 0.800 bits per heavy atom. The molecule has 0 aliphatic heterocycles. The van der Waals surface area contributed by atoms with Gasteiger partial charge < -0.3 is 5.11 Å². The summed E-state index contributed by atoms with van der Waals surface area (Å²) in [5.74, 6) is 0.237. The first-order chi connectivity index (χ1) is 12.2. The van der Waals surface area contributed by atoms with Crippen LogP contribution in [0.25, 0.3) is 16.7 Å². The molecule has 3 rings (SSSR count). The van der Waals surface area contributed by atoms with E-state index in [4.69, 9.17) is 0 Å². The third-order valence-corrected chi connectivity index (χ3v) is 4.59. The van der Waals surface area contributed by atoms with Crippen LogP contribution in [0.2, 0.25) is 0 Å². The van der Waals surface area contributed by atoms with Crippen LogP contribution in [0.15, 0.2) is 36.4 Å². The maximum atomic E-state index is 10.4. The molecule has 3 aromatic rings. The van der Waals surface area contributed by atoms with Crippen molar-refractivity contribution in [3.8, 4) is 11.4 Å². The predicted molar refractivity (Wildman–Crippen MR) is 102 cm³/mol. The van der Waals surface area contributed by atoms with Crippen LogP contribution in [0.1, 0.15) is 57.1 Å². The summed E-state index contributed by atoms with van der Waals surface area (Å²) in [6, 6.07) is 12.0. The van der Waals surface area contributed by atoms with E-state index in [1.807, 2.05) is 18.2 Å². The van der Waals surface area contributed by atoms with Crippen molar-refractivity contribution in [2.45, 2.75) is 58.8 Å². The van der Waals surface area contributed by atoms with Crippen LogP contribution in [0.5, 0.6) is 5.75 Å². The molecule has 0 amide bonds. The Hall–Kier alpha value is -2.36. The molecule has 25 heavy (non-hydrogen) atoms. The second-order valence-corrected chi connectivity index (χ2v) is 6.70. The standard InChI is InChI=1S/C21H27N3O/c1-3-5-7-9-17-11-13-20(21(25)15-17)24-22-18-12-10-16(8-6-4-2)14-19(18)23-24/h10-15,25H,3-9H2,1-2H3. The van der Waals surface area contributed by atoms with Crippen molar-refractivity contribution in [1.82, 2.24) is 15.0 Å². The molecule has 132 valence electrons. The highest BCUT2D eigenvalue weighted by Gasteiger charge is 2.10. The van der Waals surface area contributed by atoms with Crippen molar-refractivity contribution >= 4 is 11.0 Å². The maximum absolute atomic E-state index is 10.4. The fourth-order valence-corrected chi connectivity index (χ4v) is 3.08. The van der Waals surface area contributed by atoms with Crippen molar-refractivity contribution in [2.24, 2.45) is 0 Å². The zero-order chi connectivity index (χ0) is 17.6. The third kappa shape index (κ3) is 4.19. The zero-order valence-electron chi connectivity index (χ0n) is 15.2. The van der Waals surface area contributed by atoms with E-state index < -0.39 is 0 Å². The molecule has 0 atom stereocenters. The monoisotopic (exact) mass is 337 g/mol. The number of fused-ring (bicyclic) bond motifs is 1. The summed E-state index contributed by atoms with van der Waals surface area (Å²) in [6.45, 7) is 4.39. The van der Waals surface area contributed by atoms with E-state index in [1.54, 1.807) is 4.80 Å². The molecule has 0 saturated heterocycles. The third-order valence-electron chi connectivity index (χ3n) is 4.59. The number of aromatic hydroxyl groups is 1. The quantitative estimate of drug-likeness (QED) is 0.575. The van der Waals surface area contributed by atoms with Crippen LogP contribution in [0.4, 0.5) is 0 Å². The SMILES string of the molecule is CCCCCc1ccc(-n2nc3ccc(CCCC)cc3n2)c(O)c1. The van der Waals surface area contributed by atoms with E-state index in [9.17, 15) is 5.11 Å². The first-order valence-electron chi connectivity index (χ1n) is 9.39. The van der Waals surface area contributed by atoms with Gasteiger partial charge in [0.25, 0.3) is 0 Å². The molecule has 2 aromatic carbocycles. The second-order valence-electron chi connectivity index (χ2n) is 6.70. The van der Waals surface area contributed by atoms with Crippen molar-refractivity contribution in [3.05, 3.63) is 47.5 Å². The van der Waals surface area contributed by atoms with Gasteiger partial charge in [-0.05, 0) is 61.1 Å². The topological polar surface area (TPSA) is 50.9 Å². The van der Waals surface area contributed by atoms with Crippen molar-refractivity contribution in [3.63, 3.8) is 0 Å². The summed E-state index contributed by atoms with van der Waals surface area (Å²) in [6.07, 6.45) is 8.00. The lowest BCUT2D eigenvalue weighted by atomic mass is 10.1. The normalized spacial score (nSPS) is 11.3. The lowest BCUT2D eigenvalue weighted by molar-refractivity contribution is 0.467. The Balaban J connectivity index is 1.83. The van der Waals surface area contributed by atoms with Gasteiger partial charge in [0.2, 0.25) is 0 Å². The van der Waals surface area contributed by atoms with Crippen molar-refractivity contribution in [1.29, 1.82) is 0 Å². The van der Waals surface area contributed by atoms with E-state index in [2.05, 4.69) is 42.2 Å². The molecule has 4 nitrogen and oxygen atoms in total. The molecule has 0 aliphatic carbocycles. The van der Waals surface area contributed by atoms with Crippen molar-refractivity contribution in [2.75, 3.05) is 0 Å². The number of aryl methyl sites for hydroxylation is 2. The largest absolute Gasteiger partial charge is 0.506 e. The van der Waals surface area contributed by atoms with E-state index in [0.29, 0.717) is 5.69 Å². The first-order valence-corrected chi connectivity index (χ1v) is 9.39. The lowest BCUT2D eigenvalue weighted by Gasteiger charge is -2.06. The average Bonchev–Trinajstić information content (AvgIpc) is 3.03. The summed E-state index contributed by atoms with van der Waals surface area (Å²) in [5.41, 5.74) is 4.81. The van der Waals surface area contributed by atoms with Crippen LogP contribution in [0, 0.1) is 0 Å². The number of phenols is 1. The summed E-state index contributed by atoms with van der Waals surface area (Å²) in [5, 5.41) is 19.5. The number of phenolic OH excluding ortho intramolecular Hbond substituents is 1. The summed E-state index contributed by atoms with van der Waals surface area (Å²) in [7, 11) is 0. The zero-order valence-corrected chi connectivity index (χ0v) is 15.2. The number of benzene rings is 2.